The molecule has 1 unspecified atom stereocenters. The van der Waals surface area contributed by atoms with Crippen molar-refractivity contribution in [3.8, 4) is 0 Å². The molecule has 1 amide bonds. The van der Waals surface area contributed by atoms with Crippen LogP contribution in [0.15, 0.2) is 71.0 Å². The third kappa shape index (κ3) is 3.80. The first-order chi connectivity index (χ1) is 10.8. The summed E-state index contributed by atoms with van der Waals surface area (Å²) in [5.74, 6) is -0.0230. The predicted molar refractivity (Wildman–Crippen MR) is 91.7 cm³/mol. The lowest BCUT2D eigenvalue weighted by molar-refractivity contribution is -0.117. The summed E-state index contributed by atoms with van der Waals surface area (Å²) < 4.78 is 0. The van der Waals surface area contributed by atoms with E-state index in [0.717, 1.165) is 24.2 Å². The van der Waals surface area contributed by atoms with E-state index in [1.807, 2.05) is 41.8 Å². The minimum absolute atomic E-state index is 0.0230. The molecule has 1 aliphatic carbocycles. The maximum atomic E-state index is 12.1. The molecule has 3 heteroatoms. The van der Waals surface area contributed by atoms with Gasteiger partial charge in [-0.05, 0) is 47.9 Å². The molecule has 2 nitrogen and oxygen atoms in total. The maximum absolute atomic E-state index is 12.1. The van der Waals surface area contributed by atoms with E-state index >= 15 is 0 Å². The molecule has 3 rings (SSSR count). The summed E-state index contributed by atoms with van der Waals surface area (Å²) in [5, 5.41) is 4.97. The highest BCUT2D eigenvalue weighted by Crippen LogP contribution is 2.29. The number of rotatable bonds is 4. The number of carbonyl (C=O) groups excluding carboxylic acids is 1. The van der Waals surface area contributed by atoms with E-state index < -0.39 is 0 Å². The first kappa shape index (κ1) is 14.9. The highest BCUT2D eigenvalue weighted by Gasteiger charge is 2.20. The summed E-state index contributed by atoms with van der Waals surface area (Å²) in [7, 11) is 0. The van der Waals surface area contributed by atoms with Gasteiger partial charge in [-0.3, -0.25) is 4.79 Å². The molecule has 0 saturated heterocycles. The van der Waals surface area contributed by atoms with Crippen molar-refractivity contribution in [2.24, 2.45) is 0 Å². The number of thioether (sulfide) groups is 1. The molecule has 0 heterocycles. The average Bonchev–Trinajstić information content (AvgIpc) is 2.56. The van der Waals surface area contributed by atoms with Crippen molar-refractivity contribution < 1.29 is 4.79 Å². The number of carbonyl (C=O) groups is 1. The molecule has 0 aromatic heterocycles. The summed E-state index contributed by atoms with van der Waals surface area (Å²) in [6.07, 6.45) is 4.88. The van der Waals surface area contributed by atoms with Gasteiger partial charge in [0.1, 0.15) is 0 Å². The smallest absolute Gasteiger partial charge is 0.244 e. The summed E-state index contributed by atoms with van der Waals surface area (Å²) in [6, 6.07) is 18.6. The minimum atomic E-state index is -0.0230. The van der Waals surface area contributed by atoms with Crippen LogP contribution in [0.4, 0.5) is 0 Å². The molecule has 0 fully saturated rings. The van der Waals surface area contributed by atoms with Crippen LogP contribution < -0.4 is 5.32 Å². The van der Waals surface area contributed by atoms with Crippen molar-refractivity contribution in [2.75, 3.05) is 0 Å². The summed E-state index contributed by atoms with van der Waals surface area (Å²) >= 11 is 1.55. The Morgan fingerprint density at radius 3 is 2.73 bits per heavy atom. The van der Waals surface area contributed by atoms with Crippen LogP contribution in [0.25, 0.3) is 0 Å². The third-order valence-electron chi connectivity index (χ3n) is 3.85. The van der Waals surface area contributed by atoms with Crippen LogP contribution in [0.5, 0.6) is 0 Å². The number of fused-ring (bicyclic) bond motifs is 1. The van der Waals surface area contributed by atoms with E-state index in [1.165, 1.54) is 11.1 Å². The van der Waals surface area contributed by atoms with Crippen molar-refractivity contribution in [3.63, 3.8) is 0 Å². The average molecular weight is 309 g/mol. The number of benzene rings is 2. The van der Waals surface area contributed by atoms with Gasteiger partial charge in [0.25, 0.3) is 0 Å². The van der Waals surface area contributed by atoms with Crippen molar-refractivity contribution in [1.29, 1.82) is 0 Å². The standard InChI is InChI=1S/C19H19NOS/c21-19(13-14-22-16-9-2-1-3-10-16)20-18-12-6-8-15-7-4-5-11-17(15)18/h1-5,7,9-11,13-14,18H,6,8,12H2,(H,20,21). The van der Waals surface area contributed by atoms with Gasteiger partial charge in [0.2, 0.25) is 5.91 Å². The Hall–Kier alpha value is -2.00. The van der Waals surface area contributed by atoms with Crippen molar-refractivity contribution >= 4 is 17.7 Å². The Kier molecular flexibility index (Phi) is 4.96. The predicted octanol–water partition coefficient (Wildman–Crippen LogP) is 4.49. The molecular weight excluding hydrogens is 290 g/mol. The van der Waals surface area contributed by atoms with Gasteiger partial charge >= 0.3 is 0 Å². The monoisotopic (exact) mass is 309 g/mol. The number of hydrogen-bond donors (Lipinski definition) is 1. The molecule has 0 aliphatic heterocycles. The van der Waals surface area contributed by atoms with Gasteiger partial charge in [-0.2, -0.15) is 0 Å². The van der Waals surface area contributed by atoms with Crippen LogP contribution in [0, 0.1) is 0 Å². The largest absolute Gasteiger partial charge is 0.346 e. The Bertz CT molecular complexity index is 666. The fourth-order valence-electron chi connectivity index (χ4n) is 2.80. The van der Waals surface area contributed by atoms with Crippen molar-refractivity contribution in [3.05, 3.63) is 77.2 Å². The topological polar surface area (TPSA) is 29.1 Å². The van der Waals surface area contributed by atoms with Gasteiger partial charge in [-0.1, -0.05) is 54.2 Å². The van der Waals surface area contributed by atoms with E-state index in [2.05, 4.69) is 23.5 Å². The van der Waals surface area contributed by atoms with Crippen molar-refractivity contribution in [2.45, 2.75) is 30.2 Å². The molecule has 2 aromatic carbocycles. The molecule has 2 aromatic rings. The second kappa shape index (κ2) is 7.32. The number of nitrogens with one attached hydrogen (secondary N) is 1. The minimum Gasteiger partial charge on any atom is -0.346 e. The van der Waals surface area contributed by atoms with Crippen LogP contribution >= 0.6 is 11.8 Å². The molecule has 0 radical (unpaired) electrons. The lowest BCUT2D eigenvalue weighted by Gasteiger charge is -2.25. The second-order valence-electron chi connectivity index (χ2n) is 5.39. The molecule has 0 spiro atoms. The Balaban J connectivity index is 1.58. The number of hydrogen-bond acceptors (Lipinski definition) is 2. The molecule has 1 aliphatic rings. The van der Waals surface area contributed by atoms with Gasteiger partial charge in [0, 0.05) is 11.0 Å². The van der Waals surface area contributed by atoms with Gasteiger partial charge in [0.15, 0.2) is 0 Å². The molecular formula is C19H19NOS. The first-order valence-corrected chi connectivity index (χ1v) is 8.47. The van der Waals surface area contributed by atoms with Gasteiger partial charge < -0.3 is 5.32 Å². The molecule has 0 bridgehead atoms. The first-order valence-electron chi connectivity index (χ1n) is 7.59. The van der Waals surface area contributed by atoms with Crippen LogP contribution in [0.3, 0.4) is 0 Å². The quantitative estimate of drug-likeness (QED) is 0.666. The van der Waals surface area contributed by atoms with Gasteiger partial charge in [-0.25, -0.2) is 0 Å². The van der Waals surface area contributed by atoms with E-state index in [1.54, 1.807) is 17.8 Å². The van der Waals surface area contributed by atoms with Gasteiger partial charge in [-0.15, -0.1) is 0 Å². The SMILES string of the molecule is O=C(C=CSc1ccccc1)NC1CCCc2ccccc21. The summed E-state index contributed by atoms with van der Waals surface area (Å²) in [4.78, 5) is 13.2. The Labute approximate surface area is 135 Å². The summed E-state index contributed by atoms with van der Waals surface area (Å²) in [5.41, 5.74) is 2.63. The number of amides is 1. The fourth-order valence-corrected chi connectivity index (χ4v) is 3.46. The van der Waals surface area contributed by atoms with E-state index in [0.29, 0.717) is 0 Å². The second-order valence-corrected chi connectivity index (χ2v) is 6.37. The molecule has 112 valence electrons. The molecule has 1 atom stereocenters. The zero-order chi connectivity index (χ0) is 15.2. The third-order valence-corrected chi connectivity index (χ3v) is 4.67. The lowest BCUT2D eigenvalue weighted by atomic mass is 9.88. The zero-order valence-corrected chi connectivity index (χ0v) is 13.2. The van der Waals surface area contributed by atoms with E-state index in [9.17, 15) is 4.79 Å². The Morgan fingerprint density at radius 1 is 1.09 bits per heavy atom. The molecule has 0 saturated carbocycles. The lowest BCUT2D eigenvalue weighted by Crippen LogP contribution is -2.29. The number of aryl methyl sites for hydroxylation is 1. The molecule has 1 N–H and O–H groups in total. The molecule has 22 heavy (non-hydrogen) atoms. The van der Waals surface area contributed by atoms with Crippen LogP contribution in [-0.2, 0) is 11.2 Å². The van der Waals surface area contributed by atoms with Crippen LogP contribution in [-0.4, -0.2) is 5.91 Å². The van der Waals surface area contributed by atoms with E-state index in [-0.39, 0.29) is 11.9 Å². The maximum Gasteiger partial charge on any atom is 0.244 e. The van der Waals surface area contributed by atoms with E-state index in [4.69, 9.17) is 0 Å². The fraction of sp³-hybridized carbons (Fsp3) is 0.211. The summed E-state index contributed by atoms with van der Waals surface area (Å²) in [6.45, 7) is 0. The highest BCUT2D eigenvalue weighted by molar-refractivity contribution is 8.02. The van der Waals surface area contributed by atoms with Crippen LogP contribution in [0.2, 0.25) is 0 Å². The zero-order valence-electron chi connectivity index (χ0n) is 12.4. The highest BCUT2D eigenvalue weighted by atomic mass is 32.2. The Morgan fingerprint density at radius 2 is 1.86 bits per heavy atom. The normalized spacial score (nSPS) is 17.2. The van der Waals surface area contributed by atoms with Gasteiger partial charge in [0.05, 0.1) is 6.04 Å². The van der Waals surface area contributed by atoms with Crippen LogP contribution in [0.1, 0.15) is 30.0 Å². The van der Waals surface area contributed by atoms with Crippen molar-refractivity contribution in [1.82, 2.24) is 5.32 Å².